The van der Waals surface area contributed by atoms with E-state index in [-0.39, 0.29) is 5.91 Å². The molecule has 1 amide bonds. The molecule has 0 aromatic heterocycles. The van der Waals surface area contributed by atoms with Crippen LogP contribution in [0.1, 0.15) is 18.1 Å². The van der Waals surface area contributed by atoms with Gasteiger partial charge in [0.25, 0.3) is 0 Å². The maximum Gasteiger partial charge on any atom is 0.239 e. The van der Waals surface area contributed by atoms with Crippen molar-refractivity contribution in [3.63, 3.8) is 0 Å². The molecule has 2 aromatic rings. The van der Waals surface area contributed by atoms with Gasteiger partial charge in [-0.25, -0.2) is 0 Å². The van der Waals surface area contributed by atoms with E-state index in [9.17, 15) is 4.79 Å². The minimum atomic E-state index is -0.636. The van der Waals surface area contributed by atoms with Gasteiger partial charge in [-0.2, -0.15) is 0 Å². The highest BCUT2D eigenvalue weighted by Crippen LogP contribution is 2.42. The summed E-state index contributed by atoms with van der Waals surface area (Å²) in [5, 5.41) is 2.94. The number of anilines is 1. The molecule has 1 aliphatic rings. The first-order valence-corrected chi connectivity index (χ1v) is 6.22. The molecule has 96 valence electrons. The number of amides is 1. The summed E-state index contributed by atoms with van der Waals surface area (Å²) < 4.78 is 5.16. The van der Waals surface area contributed by atoms with Crippen LogP contribution in [0.5, 0.6) is 5.75 Å². The number of hydrogen-bond acceptors (Lipinski definition) is 2. The summed E-state index contributed by atoms with van der Waals surface area (Å²) in [5.41, 5.74) is 2.25. The van der Waals surface area contributed by atoms with Gasteiger partial charge in [0.2, 0.25) is 5.91 Å². The first kappa shape index (κ1) is 11.8. The second-order valence-corrected chi connectivity index (χ2v) is 4.85. The predicted octanol–water partition coefficient (Wildman–Crippen LogP) is 2.95. The van der Waals surface area contributed by atoms with E-state index >= 15 is 0 Å². The first-order chi connectivity index (χ1) is 9.16. The van der Waals surface area contributed by atoms with Crippen LogP contribution in [0, 0.1) is 0 Å². The summed E-state index contributed by atoms with van der Waals surface area (Å²) in [5.74, 6) is 0.804. The maximum absolute atomic E-state index is 12.4. The molecule has 0 fully saturated rings. The van der Waals surface area contributed by atoms with Gasteiger partial charge in [-0.3, -0.25) is 4.79 Å². The van der Waals surface area contributed by atoms with Gasteiger partial charge in [0, 0.05) is 5.69 Å². The Morgan fingerprint density at radius 3 is 2.42 bits per heavy atom. The van der Waals surface area contributed by atoms with Crippen molar-refractivity contribution < 1.29 is 9.53 Å². The molecule has 0 spiro atoms. The molecule has 1 N–H and O–H groups in total. The van der Waals surface area contributed by atoms with E-state index in [2.05, 4.69) is 5.32 Å². The van der Waals surface area contributed by atoms with E-state index in [0.717, 1.165) is 22.6 Å². The minimum Gasteiger partial charge on any atom is -0.497 e. The van der Waals surface area contributed by atoms with Gasteiger partial charge in [0.1, 0.15) is 5.75 Å². The van der Waals surface area contributed by atoms with Crippen LogP contribution < -0.4 is 10.1 Å². The number of para-hydroxylation sites is 1. The number of benzene rings is 2. The van der Waals surface area contributed by atoms with Gasteiger partial charge in [0.15, 0.2) is 0 Å². The zero-order valence-electron chi connectivity index (χ0n) is 10.9. The van der Waals surface area contributed by atoms with Gasteiger partial charge in [-0.1, -0.05) is 30.3 Å². The van der Waals surface area contributed by atoms with E-state index in [4.69, 9.17) is 4.74 Å². The fraction of sp³-hybridized carbons (Fsp3) is 0.188. The maximum atomic E-state index is 12.4. The van der Waals surface area contributed by atoms with Crippen molar-refractivity contribution >= 4 is 11.6 Å². The van der Waals surface area contributed by atoms with Crippen molar-refractivity contribution in [3.8, 4) is 5.75 Å². The molecule has 1 atom stereocenters. The molecular formula is C16H15NO2. The molecule has 0 saturated carbocycles. The molecular weight excluding hydrogens is 238 g/mol. The third kappa shape index (κ3) is 1.62. The average molecular weight is 253 g/mol. The molecule has 0 radical (unpaired) electrons. The van der Waals surface area contributed by atoms with Crippen LogP contribution >= 0.6 is 0 Å². The number of carbonyl (C=O) groups excluding carboxylic acids is 1. The third-order valence-electron chi connectivity index (χ3n) is 3.84. The van der Waals surface area contributed by atoms with E-state index < -0.39 is 5.41 Å². The minimum absolute atomic E-state index is 0.0128. The second-order valence-electron chi connectivity index (χ2n) is 4.85. The predicted molar refractivity (Wildman–Crippen MR) is 74.5 cm³/mol. The van der Waals surface area contributed by atoms with Gasteiger partial charge < -0.3 is 10.1 Å². The topological polar surface area (TPSA) is 38.3 Å². The molecule has 19 heavy (non-hydrogen) atoms. The Morgan fingerprint density at radius 2 is 1.74 bits per heavy atom. The zero-order chi connectivity index (χ0) is 13.5. The average Bonchev–Trinajstić information content (AvgIpc) is 2.72. The Morgan fingerprint density at radius 1 is 1.05 bits per heavy atom. The summed E-state index contributed by atoms with van der Waals surface area (Å²) in [7, 11) is 1.63. The normalized spacial score (nSPS) is 20.8. The zero-order valence-corrected chi connectivity index (χ0v) is 10.9. The number of carbonyl (C=O) groups is 1. The van der Waals surface area contributed by atoms with Crippen LogP contribution in [0.3, 0.4) is 0 Å². The lowest BCUT2D eigenvalue weighted by Gasteiger charge is -2.23. The van der Waals surface area contributed by atoms with Crippen LogP contribution in [0.4, 0.5) is 5.69 Å². The summed E-state index contributed by atoms with van der Waals surface area (Å²) in [6.07, 6.45) is 0. The van der Waals surface area contributed by atoms with Crippen LogP contribution in [0.15, 0.2) is 48.5 Å². The van der Waals surface area contributed by atoms with Crippen LogP contribution in [0.25, 0.3) is 0 Å². The molecule has 3 rings (SSSR count). The Labute approximate surface area is 112 Å². The van der Waals surface area contributed by atoms with Gasteiger partial charge in [-0.05, 0) is 36.2 Å². The molecule has 1 unspecified atom stereocenters. The molecule has 3 nitrogen and oxygen atoms in total. The fourth-order valence-corrected chi connectivity index (χ4v) is 2.61. The van der Waals surface area contributed by atoms with E-state index in [1.165, 1.54) is 0 Å². The van der Waals surface area contributed by atoms with Crippen LogP contribution in [-0.2, 0) is 10.2 Å². The summed E-state index contributed by atoms with van der Waals surface area (Å²) in [6, 6.07) is 15.5. The van der Waals surface area contributed by atoms with Crippen molar-refractivity contribution in [3.05, 3.63) is 59.7 Å². The lowest BCUT2D eigenvalue weighted by molar-refractivity contribution is -0.119. The Bertz CT molecular complexity index is 633. The first-order valence-electron chi connectivity index (χ1n) is 6.22. The lowest BCUT2D eigenvalue weighted by Crippen LogP contribution is -2.32. The van der Waals surface area contributed by atoms with E-state index in [1.54, 1.807) is 7.11 Å². The van der Waals surface area contributed by atoms with Crippen molar-refractivity contribution in [1.29, 1.82) is 0 Å². The van der Waals surface area contributed by atoms with Crippen molar-refractivity contribution in [2.24, 2.45) is 0 Å². The van der Waals surface area contributed by atoms with Gasteiger partial charge in [0.05, 0.1) is 12.5 Å². The van der Waals surface area contributed by atoms with Gasteiger partial charge in [-0.15, -0.1) is 0 Å². The second kappa shape index (κ2) is 4.12. The lowest BCUT2D eigenvalue weighted by atomic mass is 9.77. The largest absolute Gasteiger partial charge is 0.497 e. The quantitative estimate of drug-likeness (QED) is 0.893. The molecule has 1 aliphatic heterocycles. The molecule has 1 heterocycles. The number of ether oxygens (including phenoxy) is 1. The highest BCUT2D eigenvalue weighted by molar-refractivity contribution is 6.08. The fourth-order valence-electron chi connectivity index (χ4n) is 2.61. The summed E-state index contributed by atoms with van der Waals surface area (Å²) in [6.45, 7) is 1.95. The van der Waals surface area contributed by atoms with Crippen molar-refractivity contribution in [1.82, 2.24) is 0 Å². The van der Waals surface area contributed by atoms with Crippen molar-refractivity contribution in [2.45, 2.75) is 12.3 Å². The highest BCUT2D eigenvalue weighted by Gasteiger charge is 2.43. The van der Waals surface area contributed by atoms with E-state index in [1.807, 2.05) is 55.5 Å². The Kier molecular flexibility index (Phi) is 2.56. The SMILES string of the molecule is COc1ccc(C2(C)C(=O)Nc3ccccc32)cc1. The number of methoxy groups -OCH3 is 1. The van der Waals surface area contributed by atoms with Crippen LogP contribution in [0.2, 0.25) is 0 Å². The number of fused-ring (bicyclic) bond motifs is 1. The Balaban J connectivity index is 2.14. The van der Waals surface area contributed by atoms with Crippen molar-refractivity contribution in [2.75, 3.05) is 12.4 Å². The smallest absolute Gasteiger partial charge is 0.239 e. The number of hydrogen-bond donors (Lipinski definition) is 1. The van der Waals surface area contributed by atoms with Gasteiger partial charge >= 0.3 is 0 Å². The third-order valence-corrected chi connectivity index (χ3v) is 3.84. The molecule has 0 bridgehead atoms. The molecule has 0 saturated heterocycles. The molecule has 3 heteroatoms. The highest BCUT2D eigenvalue weighted by atomic mass is 16.5. The summed E-state index contributed by atoms with van der Waals surface area (Å²) in [4.78, 5) is 12.4. The molecule has 0 aliphatic carbocycles. The summed E-state index contributed by atoms with van der Waals surface area (Å²) >= 11 is 0. The number of rotatable bonds is 2. The van der Waals surface area contributed by atoms with Crippen LogP contribution in [-0.4, -0.2) is 13.0 Å². The molecule has 2 aromatic carbocycles. The monoisotopic (exact) mass is 253 g/mol. The Hall–Kier alpha value is -2.29. The number of nitrogens with one attached hydrogen (secondary N) is 1. The standard InChI is InChI=1S/C16H15NO2/c1-16(11-7-9-12(19-2)10-8-11)13-5-3-4-6-14(13)17-15(16)18/h3-10H,1-2H3,(H,17,18). The van der Waals surface area contributed by atoms with E-state index in [0.29, 0.717) is 0 Å².